The van der Waals surface area contributed by atoms with E-state index in [4.69, 9.17) is 21.1 Å². The van der Waals surface area contributed by atoms with Crippen molar-refractivity contribution >= 4 is 34.9 Å². The van der Waals surface area contributed by atoms with E-state index in [9.17, 15) is 14.4 Å². The Morgan fingerprint density at radius 1 is 1.12 bits per heavy atom. The van der Waals surface area contributed by atoms with Crippen LogP contribution in [0.3, 0.4) is 0 Å². The molecule has 1 amide bonds. The van der Waals surface area contributed by atoms with Crippen LogP contribution in [-0.4, -0.2) is 30.9 Å². The Kier molecular flexibility index (Phi) is 6.36. The first-order chi connectivity index (χ1) is 12.3. The maximum atomic E-state index is 12.3. The highest BCUT2D eigenvalue weighted by atomic mass is 35.5. The number of ketones is 1. The van der Waals surface area contributed by atoms with Crippen LogP contribution >= 0.6 is 11.6 Å². The van der Waals surface area contributed by atoms with E-state index < -0.39 is 18.0 Å². The van der Waals surface area contributed by atoms with Gasteiger partial charge in [0.2, 0.25) is 0 Å². The van der Waals surface area contributed by atoms with Crippen molar-refractivity contribution in [2.45, 2.75) is 20.0 Å². The Bertz CT molecular complexity index is 850. The molecule has 0 aromatic heterocycles. The van der Waals surface area contributed by atoms with Crippen molar-refractivity contribution in [2.75, 3.05) is 12.4 Å². The fourth-order valence-corrected chi connectivity index (χ4v) is 2.35. The molecule has 0 heterocycles. The number of ether oxygens (including phenoxy) is 2. The van der Waals surface area contributed by atoms with E-state index >= 15 is 0 Å². The van der Waals surface area contributed by atoms with E-state index in [1.807, 2.05) is 0 Å². The Hall–Kier alpha value is -2.86. The van der Waals surface area contributed by atoms with Crippen molar-refractivity contribution in [3.8, 4) is 5.75 Å². The molecule has 7 heteroatoms. The molecule has 6 nitrogen and oxygen atoms in total. The minimum atomic E-state index is -1.06. The first-order valence-corrected chi connectivity index (χ1v) is 8.16. The summed E-state index contributed by atoms with van der Waals surface area (Å²) in [6, 6.07) is 11.0. The second kappa shape index (κ2) is 8.49. The zero-order valence-electron chi connectivity index (χ0n) is 14.5. The molecular formula is C19H18ClNO5. The normalized spacial score (nSPS) is 11.4. The average molecular weight is 376 g/mol. The monoisotopic (exact) mass is 375 g/mol. The lowest BCUT2D eigenvalue weighted by Crippen LogP contribution is -2.30. The predicted octanol–water partition coefficient (Wildman–Crippen LogP) is 3.74. The molecule has 0 aliphatic rings. The summed E-state index contributed by atoms with van der Waals surface area (Å²) in [4.78, 5) is 36.0. The first kappa shape index (κ1) is 19.5. The summed E-state index contributed by atoms with van der Waals surface area (Å²) in [5.41, 5.74) is 1.03. The van der Waals surface area contributed by atoms with Crippen LogP contribution in [0.1, 0.15) is 34.6 Å². The maximum absolute atomic E-state index is 12.3. The molecular weight excluding hydrogens is 358 g/mol. The highest BCUT2D eigenvalue weighted by Gasteiger charge is 2.22. The molecule has 1 atom stereocenters. The van der Waals surface area contributed by atoms with Gasteiger partial charge in [0.25, 0.3) is 5.91 Å². The minimum absolute atomic E-state index is 0.117. The Morgan fingerprint density at radius 2 is 1.85 bits per heavy atom. The number of benzene rings is 2. The van der Waals surface area contributed by atoms with E-state index in [1.165, 1.54) is 33.1 Å². The topological polar surface area (TPSA) is 81.7 Å². The number of carbonyl (C=O) groups is 3. The summed E-state index contributed by atoms with van der Waals surface area (Å²) < 4.78 is 10.3. The molecule has 0 saturated heterocycles. The maximum Gasteiger partial charge on any atom is 0.342 e. The number of amides is 1. The van der Waals surface area contributed by atoms with E-state index in [0.717, 1.165) is 0 Å². The standard InChI is InChI=1S/C19H18ClNO5/c1-11(22)13-5-4-6-15(9-13)21-18(23)12(2)26-19(24)16-10-14(20)7-8-17(16)25-3/h4-10,12H,1-3H3,(H,21,23)/t12-/m0/s1. The lowest BCUT2D eigenvalue weighted by Gasteiger charge is -2.15. The van der Waals surface area contributed by atoms with Gasteiger partial charge in [0, 0.05) is 16.3 Å². The number of carbonyl (C=O) groups excluding carboxylic acids is 3. The third-order valence-electron chi connectivity index (χ3n) is 3.57. The Balaban J connectivity index is 2.07. The molecule has 0 fully saturated rings. The van der Waals surface area contributed by atoms with Gasteiger partial charge in [0.15, 0.2) is 11.9 Å². The predicted molar refractivity (Wildman–Crippen MR) is 98.0 cm³/mol. The fourth-order valence-electron chi connectivity index (χ4n) is 2.18. The van der Waals surface area contributed by atoms with Crippen molar-refractivity contribution in [1.82, 2.24) is 0 Å². The molecule has 0 spiro atoms. The fraction of sp³-hybridized carbons (Fsp3) is 0.211. The number of halogens is 1. The van der Waals surface area contributed by atoms with Crippen LogP contribution in [0.4, 0.5) is 5.69 Å². The zero-order valence-corrected chi connectivity index (χ0v) is 15.3. The summed E-state index contributed by atoms with van der Waals surface area (Å²) in [5.74, 6) is -1.08. The van der Waals surface area contributed by atoms with E-state index in [-0.39, 0.29) is 11.3 Å². The second-order valence-electron chi connectivity index (χ2n) is 5.52. The zero-order chi connectivity index (χ0) is 19.3. The van der Waals surface area contributed by atoms with Gasteiger partial charge in [0.1, 0.15) is 11.3 Å². The third-order valence-corrected chi connectivity index (χ3v) is 3.81. The Labute approximate surface area is 156 Å². The number of nitrogens with one attached hydrogen (secondary N) is 1. The number of hydrogen-bond donors (Lipinski definition) is 1. The number of anilines is 1. The molecule has 26 heavy (non-hydrogen) atoms. The average Bonchev–Trinajstić information content (AvgIpc) is 2.61. The first-order valence-electron chi connectivity index (χ1n) is 7.78. The van der Waals surface area contributed by atoms with Gasteiger partial charge in [-0.1, -0.05) is 23.7 Å². The molecule has 0 bridgehead atoms. The van der Waals surface area contributed by atoms with Crippen LogP contribution in [0, 0.1) is 0 Å². The number of Topliss-reactive ketones (excluding diaryl/α,β-unsaturated/α-hetero) is 1. The van der Waals surface area contributed by atoms with Crippen molar-refractivity contribution in [3.63, 3.8) is 0 Å². The lowest BCUT2D eigenvalue weighted by molar-refractivity contribution is -0.123. The van der Waals surface area contributed by atoms with Crippen LogP contribution in [0.25, 0.3) is 0 Å². The molecule has 0 saturated carbocycles. The Morgan fingerprint density at radius 3 is 2.50 bits per heavy atom. The molecule has 0 radical (unpaired) electrons. The van der Waals surface area contributed by atoms with Crippen molar-refractivity contribution in [2.24, 2.45) is 0 Å². The van der Waals surface area contributed by atoms with Gasteiger partial charge in [-0.3, -0.25) is 9.59 Å². The van der Waals surface area contributed by atoms with Crippen LogP contribution in [-0.2, 0) is 9.53 Å². The van der Waals surface area contributed by atoms with Crippen molar-refractivity contribution < 1.29 is 23.9 Å². The van der Waals surface area contributed by atoms with Crippen LogP contribution < -0.4 is 10.1 Å². The largest absolute Gasteiger partial charge is 0.496 e. The summed E-state index contributed by atoms with van der Waals surface area (Å²) in [6.45, 7) is 2.88. The van der Waals surface area contributed by atoms with Gasteiger partial charge in [-0.05, 0) is 44.2 Å². The van der Waals surface area contributed by atoms with Crippen LogP contribution in [0.15, 0.2) is 42.5 Å². The van der Waals surface area contributed by atoms with E-state index in [2.05, 4.69) is 5.32 Å². The number of methoxy groups -OCH3 is 1. The van der Waals surface area contributed by atoms with Crippen molar-refractivity contribution in [3.05, 3.63) is 58.6 Å². The van der Waals surface area contributed by atoms with Crippen LogP contribution in [0.5, 0.6) is 5.75 Å². The van der Waals surface area contributed by atoms with Gasteiger partial charge in [-0.2, -0.15) is 0 Å². The van der Waals surface area contributed by atoms with Crippen LogP contribution in [0.2, 0.25) is 5.02 Å². The van der Waals surface area contributed by atoms with Gasteiger partial charge in [-0.25, -0.2) is 4.79 Å². The smallest absolute Gasteiger partial charge is 0.342 e. The van der Waals surface area contributed by atoms with Gasteiger partial charge in [-0.15, -0.1) is 0 Å². The lowest BCUT2D eigenvalue weighted by atomic mass is 10.1. The SMILES string of the molecule is COc1ccc(Cl)cc1C(=O)O[C@@H](C)C(=O)Nc1cccc(C(C)=O)c1. The van der Waals surface area contributed by atoms with Gasteiger partial charge >= 0.3 is 5.97 Å². The van der Waals surface area contributed by atoms with E-state index in [1.54, 1.807) is 30.3 Å². The van der Waals surface area contributed by atoms with Gasteiger partial charge in [0.05, 0.1) is 7.11 Å². The molecule has 136 valence electrons. The van der Waals surface area contributed by atoms with Crippen molar-refractivity contribution in [1.29, 1.82) is 0 Å². The molecule has 0 aliphatic heterocycles. The number of hydrogen-bond acceptors (Lipinski definition) is 5. The third kappa shape index (κ3) is 4.83. The summed E-state index contributed by atoms with van der Waals surface area (Å²) in [7, 11) is 1.41. The minimum Gasteiger partial charge on any atom is -0.496 e. The molecule has 2 rings (SSSR count). The number of esters is 1. The summed E-state index contributed by atoms with van der Waals surface area (Å²) in [6.07, 6.45) is -1.06. The molecule has 0 aliphatic carbocycles. The summed E-state index contributed by atoms with van der Waals surface area (Å²) in [5, 5.41) is 2.95. The molecule has 1 N–H and O–H groups in total. The summed E-state index contributed by atoms with van der Waals surface area (Å²) >= 11 is 5.89. The number of rotatable bonds is 6. The highest BCUT2D eigenvalue weighted by Crippen LogP contribution is 2.24. The molecule has 0 unspecified atom stereocenters. The highest BCUT2D eigenvalue weighted by molar-refractivity contribution is 6.31. The quantitative estimate of drug-likeness (QED) is 0.614. The molecule has 2 aromatic carbocycles. The molecule has 2 aromatic rings. The van der Waals surface area contributed by atoms with E-state index in [0.29, 0.717) is 22.0 Å². The second-order valence-corrected chi connectivity index (χ2v) is 5.95. The van der Waals surface area contributed by atoms with Gasteiger partial charge < -0.3 is 14.8 Å².